The lowest BCUT2D eigenvalue weighted by Gasteiger charge is -2.19. The molecular weight excluding hydrogens is 219 g/mol. The summed E-state index contributed by atoms with van der Waals surface area (Å²) in [7, 11) is 0. The minimum atomic E-state index is -0.150. The summed E-state index contributed by atoms with van der Waals surface area (Å²) < 4.78 is 5.61. The first-order chi connectivity index (χ1) is 6.38. The summed E-state index contributed by atoms with van der Waals surface area (Å²) in [5.74, 6) is 0. The van der Waals surface area contributed by atoms with Crippen LogP contribution in [0.1, 0.15) is 26.3 Å². The molecule has 1 aromatic rings. The predicted molar refractivity (Wildman–Crippen MR) is 61.0 cm³/mol. The average Bonchev–Trinajstić information content (AvgIpc) is 2.00. The highest BCUT2D eigenvalue weighted by molar-refractivity contribution is 6.35. The van der Waals surface area contributed by atoms with Crippen LogP contribution in [0.25, 0.3) is 0 Å². The van der Waals surface area contributed by atoms with Crippen LogP contribution in [-0.4, -0.2) is 5.60 Å². The molecule has 0 unspecified atom stereocenters. The van der Waals surface area contributed by atoms with E-state index in [9.17, 15) is 0 Å². The van der Waals surface area contributed by atoms with Crippen LogP contribution in [0.5, 0.6) is 0 Å². The first kappa shape index (κ1) is 11.8. The maximum atomic E-state index is 5.99. The number of hydrogen-bond acceptors (Lipinski definition) is 1. The molecule has 1 nitrogen and oxygen atoms in total. The molecule has 78 valence electrons. The van der Waals surface area contributed by atoms with Gasteiger partial charge in [-0.05, 0) is 38.5 Å². The molecule has 0 heterocycles. The highest BCUT2D eigenvalue weighted by Crippen LogP contribution is 2.23. The molecule has 0 spiro atoms. The summed E-state index contributed by atoms with van der Waals surface area (Å²) in [5, 5.41) is 1.30. The zero-order valence-corrected chi connectivity index (χ0v) is 10.1. The number of ether oxygens (including phenoxy) is 1. The lowest BCUT2D eigenvalue weighted by atomic mass is 10.2. The molecular formula is C11H14Cl2O. The summed E-state index contributed by atoms with van der Waals surface area (Å²) in [5.41, 5.74) is 0.814. The lowest BCUT2D eigenvalue weighted by molar-refractivity contribution is -0.0149. The third kappa shape index (κ3) is 3.87. The number of halogens is 2. The van der Waals surface area contributed by atoms with Crippen molar-refractivity contribution in [2.45, 2.75) is 33.0 Å². The van der Waals surface area contributed by atoms with Crippen molar-refractivity contribution in [1.29, 1.82) is 0 Å². The fourth-order valence-electron chi connectivity index (χ4n) is 0.933. The Bertz CT molecular complexity index is 316. The molecule has 0 radical (unpaired) electrons. The van der Waals surface area contributed by atoms with Crippen molar-refractivity contribution < 1.29 is 4.74 Å². The Morgan fingerprint density at radius 1 is 1.21 bits per heavy atom. The first-order valence-corrected chi connectivity index (χ1v) is 5.22. The van der Waals surface area contributed by atoms with E-state index in [4.69, 9.17) is 27.9 Å². The van der Waals surface area contributed by atoms with Gasteiger partial charge in [0.15, 0.2) is 0 Å². The van der Waals surface area contributed by atoms with Gasteiger partial charge in [-0.15, -0.1) is 0 Å². The Morgan fingerprint density at radius 3 is 2.36 bits per heavy atom. The maximum absolute atomic E-state index is 5.99. The summed E-state index contributed by atoms with van der Waals surface area (Å²) in [6.45, 7) is 6.55. The molecule has 0 atom stereocenters. The quantitative estimate of drug-likeness (QED) is 0.739. The number of benzene rings is 1. The van der Waals surface area contributed by atoms with E-state index < -0.39 is 0 Å². The maximum Gasteiger partial charge on any atom is 0.0738 e. The van der Waals surface area contributed by atoms with E-state index in [0.717, 1.165) is 5.56 Å². The number of hydrogen-bond donors (Lipinski definition) is 0. The molecule has 3 heteroatoms. The van der Waals surface area contributed by atoms with Crippen molar-refractivity contribution in [3.05, 3.63) is 33.8 Å². The summed E-state index contributed by atoms with van der Waals surface area (Å²) in [6, 6.07) is 5.43. The Balaban J connectivity index is 2.68. The van der Waals surface area contributed by atoms with Gasteiger partial charge in [-0.1, -0.05) is 29.3 Å². The van der Waals surface area contributed by atoms with Crippen molar-refractivity contribution in [2.24, 2.45) is 0 Å². The van der Waals surface area contributed by atoms with Gasteiger partial charge in [-0.2, -0.15) is 0 Å². The molecule has 0 saturated heterocycles. The van der Waals surface area contributed by atoms with Gasteiger partial charge in [0.05, 0.1) is 12.2 Å². The second kappa shape index (κ2) is 4.52. The van der Waals surface area contributed by atoms with Crippen molar-refractivity contribution in [3.63, 3.8) is 0 Å². The minimum Gasteiger partial charge on any atom is -0.371 e. The zero-order chi connectivity index (χ0) is 10.8. The van der Waals surface area contributed by atoms with Crippen LogP contribution in [0.4, 0.5) is 0 Å². The lowest BCUT2D eigenvalue weighted by Crippen LogP contribution is -2.18. The van der Waals surface area contributed by atoms with Crippen molar-refractivity contribution in [3.8, 4) is 0 Å². The molecule has 0 aromatic heterocycles. The van der Waals surface area contributed by atoms with E-state index in [1.807, 2.05) is 32.9 Å². The molecule has 1 rings (SSSR count). The van der Waals surface area contributed by atoms with E-state index in [2.05, 4.69) is 0 Å². The monoisotopic (exact) mass is 232 g/mol. The summed E-state index contributed by atoms with van der Waals surface area (Å²) >= 11 is 11.8. The van der Waals surface area contributed by atoms with Crippen LogP contribution in [0.3, 0.4) is 0 Å². The normalized spacial score (nSPS) is 11.8. The Labute approximate surface area is 95.0 Å². The smallest absolute Gasteiger partial charge is 0.0738 e. The summed E-state index contributed by atoms with van der Waals surface area (Å²) in [4.78, 5) is 0. The SMILES string of the molecule is CC(C)(C)OCc1ccc(Cl)cc1Cl. The molecule has 0 saturated carbocycles. The Kier molecular flexibility index (Phi) is 3.82. The Hall–Kier alpha value is -0.240. The van der Waals surface area contributed by atoms with Gasteiger partial charge < -0.3 is 4.74 Å². The molecule has 0 fully saturated rings. The van der Waals surface area contributed by atoms with Crippen LogP contribution in [0.15, 0.2) is 18.2 Å². The topological polar surface area (TPSA) is 9.23 Å². The second-order valence-electron chi connectivity index (χ2n) is 4.14. The van der Waals surface area contributed by atoms with Gasteiger partial charge in [-0.3, -0.25) is 0 Å². The standard InChI is InChI=1S/C11H14Cl2O/c1-11(2,3)14-7-8-4-5-9(12)6-10(8)13/h4-6H,7H2,1-3H3. The van der Waals surface area contributed by atoms with E-state index in [-0.39, 0.29) is 5.60 Å². The third-order valence-corrected chi connectivity index (χ3v) is 2.26. The highest BCUT2D eigenvalue weighted by Gasteiger charge is 2.11. The van der Waals surface area contributed by atoms with Crippen LogP contribution < -0.4 is 0 Å². The van der Waals surface area contributed by atoms with Crippen molar-refractivity contribution in [2.75, 3.05) is 0 Å². The van der Waals surface area contributed by atoms with Crippen LogP contribution in [0.2, 0.25) is 10.0 Å². The molecule has 0 bridgehead atoms. The van der Waals surface area contributed by atoms with Crippen LogP contribution in [-0.2, 0) is 11.3 Å². The molecule has 0 amide bonds. The fraction of sp³-hybridized carbons (Fsp3) is 0.455. The Morgan fingerprint density at radius 2 is 1.86 bits per heavy atom. The van der Waals surface area contributed by atoms with Gasteiger partial charge in [0.2, 0.25) is 0 Å². The molecule has 0 aliphatic heterocycles. The van der Waals surface area contributed by atoms with E-state index in [1.165, 1.54) is 0 Å². The predicted octanol–water partition coefficient (Wildman–Crippen LogP) is 4.31. The summed E-state index contributed by atoms with van der Waals surface area (Å²) in [6.07, 6.45) is 0. The molecule has 0 N–H and O–H groups in total. The van der Waals surface area contributed by atoms with Crippen molar-refractivity contribution in [1.82, 2.24) is 0 Å². The second-order valence-corrected chi connectivity index (χ2v) is 4.98. The van der Waals surface area contributed by atoms with Gasteiger partial charge in [0.25, 0.3) is 0 Å². The van der Waals surface area contributed by atoms with Gasteiger partial charge in [0.1, 0.15) is 0 Å². The van der Waals surface area contributed by atoms with Crippen LogP contribution in [0, 0.1) is 0 Å². The van der Waals surface area contributed by atoms with Gasteiger partial charge >= 0.3 is 0 Å². The first-order valence-electron chi connectivity index (χ1n) is 4.46. The van der Waals surface area contributed by atoms with Crippen molar-refractivity contribution >= 4 is 23.2 Å². The third-order valence-electron chi connectivity index (χ3n) is 1.68. The van der Waals surface area contributed by atoms with Gasteiger partial charge in [0, 0.05) is 10.0 Å². The molecule has 14 heavy (non-hydrogen) atoms. The van der Waals surface area contributed by atoms with E-state index >= 15 is 0 Å². The van der Waals surface area contributed by atoms with Gasteiger partial charge in [-0.25, -0.2) is 0 Å². The average molecular weight is 233 g/mol. The fourth-order valence-corrected chi connectivity index (χ4v) is 1.40. The van der Waals surface area contributed by atoms with E-state index in [1.54, 1.807) is 6.07 Å². The molecule has 1 aromatic carbocycles. The highest BCUT2D eigenvalue weighted by atomic mass is 35.5. The van der Waals surface area contributed by atoms with E-state index in [0.29, 0.717) is 16.7 Å². The molecule has 0 aliphatic rings. The van der Waals surface area contributed by atoms with Crippen LogP contribution >= 0.6 is 23.2 Å². The largest absolute Gasteiger partial charge is 0.371 e. The minimum absolute atomic E-state index is 0.150. The zero-order valence-electron chi connectivity index (χ0n) is 8.60. The number of rotatable bonds is 2. The molecule has 0 aliphatic carbocycles.